The van der Waals surface area contributed by atoms with E-state index in [1.165, 1.54) is 18.2 Å². The second kappa shape index (κ2) is 7.26. The highest BCUT2D eigenvalue weighted by atomic mass is 35.5. The molecule has 0 bridgehead atoms. The average Bonchev–Trinajstić information content (AvgIpc) is 2.92. The first-order chi connectivity index (χ1) is 10.0. The van der Waals surface area contributed by atoms with E-state index in [0.29, 0.717) is 5.02 Å². The van der Waals surface area contributed by atoms with Gasteiger partial charge in [0, 0.05) is 11.1 Å². The van der Waals surface area contributed by atoms with Crippen LogP contribution in [0, 0.1) is 5.82 Å². The lowest BCUT2D eigenvalue weighted by Crippen LogP contribution is -2.45. The van der Waals surface area contributed by atoms with Crippen molar-refractivity contribution in [1.29, 1.82) is 0 Å². The zero-order valence-electron chi connectivity index (χ0n) is 11.4. The second-order valence-corrected chi connectivity index (χ2v) is 5.42. The monoisotopic (exact) mass is 313 g/mol. The molecule has 0 saturated heterocycles. The van der Waals surface area contributed by atoms with Gasteiger partial charge in [0.2, 0.25) is 5.91 Å². The van der Waals surface area contributed by atoms with E-state index in [4.69, 9.17) is 11.6 Å². The Bertz CT molecular complexity index is 533. The summed E-state index contributed by atoms with van der Waals surface area (Å²) < 4.78 is 13.4. The van der Waals surface area contributed by atoms with Crippen LogP contribution in [0.5, 0.6) is 0 Å². The van der Waals surface area contributed by atoms with Gasteiger partial charge in [0.25, 0.3) is 0 Å². The SMILES string of the molecule is O=C(CNc1cc(Cl)ccc1F)NC(=O)NC1CCCC1. The zero-order chi connectivity index (χ0) is 15.2. The number of halogens is 2. The Kier molecular flexibility index (Phi) is 5.38. The van der Waals surface area contributed by atoms with Gasteiger partial charge in [0.05, 0.1) is 12.2 Å². The number of anilines is 1. The number of carbonyl (C=O) groups is 2. The Balaban J connectivity index is 1.76. The van der Waals surface area contributed by atoms with Gasteiger partial charge < -0.3 is 10.6 Å². The summed E-state index contributed by atoms with van der Waals surface area (Å²) in [6, 6.07) is 3.62. The summed E-state index contributed by atoms with van der Waals surface area (Å²) in [6.45, 7) is -0.213. The summed E-state index contributed by atoms with van der Waals surface area (Å²) in [5.74, 6) is -1.05. The molecule has 1 saturated carbocycles. The highest BCUT2D eigenvalue weighted by molar-refractivity contribution is 6.30. The molecule has 0 spiro atoms. The molecule has 0 aromatic heterocycles. The van der Waals surface area contributed by atoms with E-state index in [2.05, 4.69) is 16.0 Å². The third-order valence-electron chi connectivity index (χ3n) is 3.31. The van der Waals surface area contributed by atoms with E-state index in [9.17, 15) is 14.0 Å². The summed E-state index contributed by atoms with van der Waals surface area (Å²) in [7, 11) is 0. The van der Waals surface area contributed by atoms with Crippen molar-refractivity contribution in [3.8, 4) is 0 Å². The molecule has 2 rings (SSSR count). The molecule has 5 nitrogen and oxygen atoms in total. The van der Waals surface area contributed by atoms with E-state index in [0.717, 1.165) is 25.7 Å². The number of imide groups is 1. The predicted octanol–water partition coefficient (Wildman–Crippen LogP) is 2.66. The lowest BCUT2D eigenvalue weighted by Gasteiger charge is -2.13. The van der Waals surface area contributed by atoms with Crippen LogP contribution in [-0.4, -0.2) is 24.5 Å². The van der Waals surface area contributed by atoms with Crippen LogP contribution in [0.3, 0.4) is 0 Å². The van der Waals surface area contributed by atoms with Crippen LogP contribution in [0.25, 0.3) is 0 Å². The topological polar surface area (TPSA) is 70.2 Å². The molecule has 0 atom stereocenters. The minimum atomic E-state index is -0.537. The summed E-state index contributed by atoms with van der Waals surface area (Å²) in [4.78, 5) is 23.2. The molecule has 1 aliphatic rings. The summed E-state index contributed by atoms with van der Waals surface area (Å²) in [5, 5.41) is 7.90. The molecular weight excluding hydrogens is 297 g/mol. The Morgan fingerprint density at radius 2 is 2.00 bits per heavy atom. The number of benzene rings is 1. The normalized spacial score (nSPS) is 14.8. The van der Waals surface area contributed by atoms with Crippen LogP contribution < -0.4 is 16.0 Å². The molecule has 7 heteroatoms. The molecule has 0 unspecified atom stereocenters. The van der Waals surface area contributed by atoms with Crippen LogP contribution >= 0.6 is 11.6 Å². The highest BCUT2D eigenvalue weighted by Crippen LogP contribution is 2.19. The number of carbonyl (C=O) groups excluding carboxylic acids is 2. The van der Waals surface area contributed by atoms with Crippen molar-refractivity contribution in [3.05, 3.63) is 29.0 Å². The van der Waals surface area contributed by atoms with Gasteiger partial charge >= 0.3 is 6.03 Å². The van der Waals surface area contributed by atoms with Crippen LogP contribution in [0.4, 0.5) is 14.9 Å². The summed E-state index contributed by atoms with van der Waals surface area (Å²) in [5.41, 5.74) is 0.119. The molecule has 21 heavy (non-hydrogen) atoms. The fourth-order valence-corrected chi connectivity index (χ4v) is 2.44. The lowest BCUT2D eigenvalue weighted by molar-refractivity contribution is -0.118. The Morgan fingerprint density at radius 1 is 1.29 bits per heavy atom. The Morgan fingerprint density at radius 3 is 2.71 bits per heavy atom. The van der Waals surface area contributed by atoms with Gasteiger partial charge in [0.1, 0.15) is 5.82 Å². The molecule has 0 radical (unpaired) electrons. The fourth-order valence-electron chi connectivity index (χ4n) is 2.27. The number of urea groups is 1. The van der Waals surface area contributed by atoms with Gasteiger partial charge in [-0.05, 0) is 31.0 Å². The number of hydrogen-bond donors (Lipinski definition) is 3. The van der Waals surface area contributed by atoms with Gasteiger partial charge in [-0.3, -0.25) is 10.1 Å². The number of rotatable bonds is 4. The molecule has 0 aliphatic heterocycles. The maximum Gasteiger partial charge on any atom is 0.321 e. The molecule has 114 valence electrons. The number of nitrogens with one attached hydrogen (secondary N) is 3. The number of amides is 3. The largest absolute Gasteiger partial charge is 0.374 e. The predicted molar refractivity (Wildman–Crippen MR) is 78.8 cm³/mol. The van der Waals surface area contributed by atoms with Crippen molar-refractivity contribution < 1.29 is 14.0 Å². The van der Waals surface area contributed by atoms with Crippen LogP contribution in [0.1, 0.15) is 25.7 Å². The van der Waals surface area contributed by atoms with Crippen molar-refractivity contribution in [2.75, 3.05) is 11.9 Å². The Labute approximate surface area is 127 Å². The zero-order valence-corrected chi connectivity index (χ0v) is 12.2. The molecule has 3 N–H and O–H groups in total. The molecule has 3 amide bonds. The minimum Gasteiger partial charge on any atom is -0.374 e. The van der Waals surface area contributed by atoms with E-state index in [1.54, 1.807) is 0 Å². The molecular formula is C14H17ClFN3O2. The second-order valence-electron chi connectivity index (χ2n) is 4.98. The van der Waals surface area contributed by atoms with Crippen LogP contribution in [0.15, 0.2) is 18.2 Å². The first-order valence-corrected chi connectivity index (χ1v) is 7.21. The van der Waals surface area contributed by atoms with Crippen LogP contribution in [-0.2, 0) is 4.79 Å². The van der Waals surface area contributed by atoms with Crippen LogP contribution in [0.2, 0.25) is 5.02 Å². The standard InChI is InChI=1S/C14H17ClFN3O2/c15-9-5-6-11(16)12(7-9)17-8-13(20)19-14(21)18-10-3-1-2-4-10/h5-7,10,17H,1-4,8H2,(H2,18,19,20,21). The fraction of sp³-hybridized carbons (Fsp3) is 0.429. The maximum absolute atomic E-state index is 13.4. The van der Waals surface area contributed by atoms with Gasteiger partial charge in [-0.2, -0.15) is 0 Å². The van der Waals surface area contributed by atoms with Crippen molar-refractivity contribution in [3.63, 3.8) is 0 Å². The maximum atomic E-state index is 13.4. The van der Waals surface area contributed by atoms with E-state index in [1.807, 2.05) is 0 Å². The molecule has 1 aromatic rings. The number of hydrogen-bond acceptors (Lipinski definition) is 3. The van der Waals surface area contributed by atoms with Crippen molar-refractivity contribution >= 4 is 29.2 Å². The molecule has 1 fully saturated rings. The average molecular weight is 314 g/mol. The van der Waals surface area contributed by atoms with Crippen molar-refractivity contribution in [1.82, 2.24) is 10.6 Å². The molecule has 1 aromatic carbocycles. The van der Waals surface area contributed by atoms with E-state index < -0.39 is 17.8 Å². The van der Waals surface area contributed by atoms with E-state index >= 15 is 0 Å². The first-order valence-electron chi connectivity index (χ1n) is 6.84. The minimum absolute atomic E-state index is 0.119. The smallest absolute Gasteiger partial charge is 0.321 e. The van der Waals surface area contributed by atoms with E-state index in [-0.39, 0.29) is 18.3 Å². The van der Waals surface area contributed by atoms with Gasteiger partial charge in [0.15, 0.2) is 0 Å². The third-order valence-corrected chi connectivity index (χ3v) is 3.55. The quantitative estimate of drug-likeness (QED) is 0.800. The van der Waals surface area contributed by atoms with Gasteiger partial charge in [-0.15, -0.1) is 0 Å². The first kappa shape index (κ1) is 15.6. The third kappa shape index (κ3) is 4.90. The highest BCUT2D eigenvalue weighted by Gasteiger charge is 2.18. The van der Waals surface area contributed by atoms with Crippen molar-refractivity contribution in [2.24, 2.45) is 0 Å². The Hall–Kier alpha value is -1.82. The van der Waals surface area contributed by atoms with Gasteiger partial charge in [-0.1, -0.05) is 24.4 Å². The molecule has 0 heterocycles. The summed E-state index contributed by atoms with van der Waals surface area (Å²) >= 11 is 5.74. The summed E-state index contributed by atoms with van der Waals surface area (Å²) in [6.07, 6.45) is 4.06. The van der Waals surface area contributed by atoms with Crippen molar-refractivity contribution in [2.45, 2.75) is 31.7 Å². The van der Waals surface area contributed by atoms with Gasteiger partial charge in [-0.25, -0.2) is 9.18 Å². The lowest BCUT2D eigenvalue weighted by atomic mass is 10.2. The molecule has 1 aliphatic carbocycles.